The summed E-state index contributed by atoms with van der Waals surface area (Å²) >= 11 is 3.03. The van der Waals surface area contributed by atoms with Crippen LogP contribution in [0.4, 0.5) is 8.78 Å². The number of rotatable bonds is 3. The Balaban J connectivity index is 0.00000200. The average Bonchev–Trinajstić information content (AvgIpc) is 2.80. The van der Waals surface area contributed by atoms with Crippen LogP contribution in [0.15, 0.2) is 21.6 Å². The molecule has 112 valence electrons. The molecule has 0 radical (unpaired) electrons. The molecule has 0 spiro atoms. The number of nitrogens with zero attached hydrogens (tertiary/aromatic N) is 1. The third-order valence-electron chi connectivity index (χ3n) is 3.22. The van der Waals surface area contributed by atoms with E-state index in [1.54, 1.807) is 0 Å². The smallest absolute Gasteiger partial charge is 0.189 e. The SMILES string of the molecule is I.NC(=NCc1c(F)cc(Br)cc1F)NC1CCCC1. The molecule has 0 atom stereocenters. The Hall–Kier alpha value is -0.440. The van der Waals surface area contributed by atoms with E-state index in [4.69, 9.17) is 5.73 Å². The first kappa shape index (κ1) is 17.6. The van der Waals surface area contributed by atoms with E-state index < -0.39 is 11.6 Å². The Bertz CT molecular complexity index is 467. The highest BCUT2D eigenvalue weighted by atomic mass is 127. The van der Waals surface area contributed by atoms with E-state index >= 15 is 0 Å². The second-order valence-electron chi connectivity index (χ2n) is 4.68. The normalized spacial score (nSPS) is 16.1. The first-order valence-electron chi connectivity index (χ1n) is 6.26. The molecule has 1 aromatic rings. The van der Waals surface area contributed by atoms with E-state index in [9.17, 15) is 8.78 Å². The van der Waals surface area contributed by atoms with Gasteiger partial charge in [0, 0.05) is 16.1 Å². The maximum Gasteiger partial charge on any atom is 0.189 e. The number of hydrogen-bond donors (Lipinski definition) is 2. The van der Waals surface area contributed by atoms with Crippen molar-refractivity contribution in [3.05, 3.63) is 33.8 Å². The lowest BCUT2D eigenvalue weighted by atomic mass is 10.2. The number of nitrogens with one attached hydrogen (secondary N) is 1. The predicted octanol–water partition coefficient (Wildman–Crippen LogP) is 3.69. The maximum absolute atomic E-state index is 13.6. The molecule has 3 N–H and O–H groups in total. The number of halogens is 4. The fourth-order valence-electron chi connectivity index (χ4n) is 2.21. The lowest BCUT2D eigenvalue weighted by molar-refractivity contribution is 0.554. The molecule has 0 aromatic heterocycles. The van der Waals surface area contributed by atoms with Gasteiger partial charge in [0.2, 0.25) is 0 Å². The Labute approximate surface area is 142 Å². The Kier molecular flexibility index (Phi) is 7.14. The van der Waals surface area contributed by atoms with Gasteiger partial charge in [-0.2, -0.15) is 0 Å². The molecular formula is C13H17BrF2IN3. The summed E-state index contributed by atoms with van der Waals surface area (Å²) in [5, 5.41) is 3.07. The van der Waals surface area contributed by atoms with Crippen LogP contribution in [0, 0.1) is 11.6 Å². The highest BCUT2D eigenvalue weighted by Gasteiger charge is 2.15. The second-order valence-corrected chi connectivity index (χ2v) is 5.59. The van der Waals surface area contributed by atoms with E-state index in [1.807, 2.05) is 0 Å². The third-order valence-corrected chi connectivity index (χ3v) is 3.68. The van der Waals surface area contributed by atoms with Crippen molar-refractivity contribution in [2.45, 2.75) is 38.3 Å². The molecule has 0 unspecified atom stereocenters. The minimum Gasteiger partial charge on any atom is -0.370 e. The number of benzene rings is 1. The van der Waals surface area contributed by atoms with Crippen LogP contribution in [0.2, 0.25) is 0 Å². The van der Waals surface area contributed by atoms with Gasteiger partial charge in [-0.1, -0.05) is 28.8 Å². The summed E-state index contributed by atoms with van der Waals surface area (Å²) in [6, 6.07) is 2.77. The molecule has 1 saturated carbocycles. The molecule has 1 fully saturated rings. The summed E-state index contributed by atoms with van der Waals surface area (Å²) in [7, 11) is 0. The van der Waals surface area contributed by atoms with Crippen LogP contribution < -0.4 is 11.1 Å². The molecule has 1 aliphatic rings. The van der Waals surface area contributed by atoms with Crippen LogP contribution in [0.25, 0.3) is 0 Å². The van der Waals surface area contributed by atoms with Crippen molar-refractivity contribution in [2.24, 2.45) is 10.7 Å². The molecule has 2 rings (SSSR count). The quantitative estimate of drug-likeness (QED) is 0.411. The van der Waals surface area contributed by atoms with Gasteiger partial charge in [0.1, 0.15) is 11.6 Å². The molecule has 1 aromatic carbocycles. The first-order chi connectivity index (χ1) is 9.06. The average molecular weight is 460 g/mol. The Morgan fingerprint density at radius 1 is 1.30 bits per heavy atom. The van der Waals surface area contributed by atoms with Gasteiger partial charge in [0.05, 0.1) is 6.54 Å². The van der Waals surface area contributed by atoms with Gasteiger partial charge >= 0.3 is 0 Å². The Morgan fingerprint density at radius 2 is 1.85 bits per heavy atom. The van der Waals surface area contributed by atoms with Crippen molar-refractivity contribution in [1.82, 2.24) is 5.32 Å². The summed E-state index contributed by atoms with van der Waals surface area (Å²) in [4.78, 5) is 4.00. The van der Waals surface area contributed by atoms with Crippen LogP contribution in [-0.2, 0) is 6.54 Å². The molecule has 3 nitrogen and oxygen atoms in total. The summed E-state index contributed by atoms with van der Waals surface area (Å²) in [5.41, 5.74) is 5.65. The van der Waals surface area contributed by atoms with Crippen LogP contribution in [-0.4, -0.2) is 12.0 Å². The summed E-state index contributed by atoms with van der Waals surface area (Å²) in [6.45, 7) is -0.101. The summed E-state index contributed by atoms with van der Waals surface area (Å²) in [6.07, 6.45) is 4.50. The van der Waals surface area contributed by atoms with Crippen molar-refractivity contribution in [1.29, 1.82) is 0 Å². The van der Waals surface area contributed by atoms with Crippen molar-refractivity contribution in [3.8, 4) is 0 Å². The van der Waals surface area contributed by atoms with Crippen molar-refractivity contribution >= 4 is 45.9 Å². The minimum atomic E-state index is -0.621. The van der Waals surface area contributed by atoms with Gasteiger partial charge in [-0.25, -0.2) is 13.8 Å². The van der Waals surface area contributed by atoms with Gasteiger partial charge in [-0.05, 0) is 25.0 Å². The van der Waals surface area contributed by atoms with Crippen molar-refractivity contribution in [3.63, 3.8) is 0 Å². The first-order valence-corrected chi connectivity index (χ1v) is 7.05. The van der Waals surface area contributed by atoms with Crippen LogP contribution in [0.5, 0.6) is 0 Å². The van der Waals surface area contributed by atoms with Gasteiger partial charge in [0.15, 0.2) is 5.96 Å². The molecule has 0 bridgehead atoms. The van der Waals surface area contributed by atoms with Crippen molar-refractivity contribution in [2.75, 3.05) is 0 Å². The van der Waals surface area contributed by atoms with E-state index in [0.29, 0.717) is 10.5 Å². The van der Waals surface area contributed by atoms with E-state index in [2.05, 4.69) is 26.2 Å². The highest BCUT2D eigenvalue weighted by Crippen LogP contribution is 2.20. The number of aliphatic imine (C=N–C) groups is 1. The third kappa shape index (κ3) is 4.83. The molecule has 0 amide bonds. The highest BCUT2D eigenvalue weighted by molar-refractivity contribution is 14.0. The summed E-state index contributed by atoms with van der Waals surface area (Å²) < 4.78 is 27.5. The monoisotopic (exact) mass is 459 g/mol. The summed E-state index contributed by atoms with van der Waals surface area (Å²) in [5.74, 6) is -0.998. The second kappa shape index (κ2) is 8.11. The number of nitrogens with two attached hydrogens (primary N) is 1. The molecule has 1 aliphatic carbocycles. The fourth-order valence-corrected chi connectivity index (χ4v) is 2.61. The lowest BCUT2D eigenvalue weighted by Crippen LogP contribution is -2.38. The van der Waals surface area contributed by atoms with E-state index in [0.717, 1.165) is 12.8 Å². The lowest BCUT2D eigenvalue weighted by Gasteiger charge is -2.12. The maximum atomic E-state index is 13.6. The number of hydrogen-bond acceptors (Lipinski definition) is 1. The minimum absolute atomic E-state index is 0. The van der Waals surface area contributed by atoms with Gasteiger partial charge < -0.3 is 11.1 Å². The number of guanidine groups is 1. The molecule has 0 heterocycles. The topological polar surface area (TPSA) is 50.4 Å². The van der Waals surface area contributed by atoms with Crippen LogP contribution in [0.1, 0.15) is 31.2 Å². The van der Waals surface area contributed by atoms with Crippen LogP contribution in [0.3, 0.4) is 0 Å². The molecule has 7 heteroatoms. The fraction of sp³-hybridized carbons (Fsp3) is 0.462. The largest absolute Gasteiger partial charge is 0.370 e. The molecule has 0 aliphatic heterocycles. The molecule has 20 heavy (non-hydrogen) atoms. The zero-order chi connectivity index (χ0) is 13.8. The van der Waals surface area contributed by atoms with Gasteiger partial charge in [0.25, 0.3) is 0 Å². The van der Waals surface area contributed by atoms with Gasteiger partial charge in [-0.15, -0.1) is 24.0 Å². The standard InChI is InChI=1S/C13H16BrF2N3.HI/c14-8-5-11(15)10(12(16)6-8)7-18-13(17)19-9-3-1-2-4-9;/h5-6,9H,1-4,7H2,(H3,17,18,19);1H. The molecular weight excluding hydrogens is 443 g/mol. The van der Waals surface area contributed by atoms with E-state index in [1.165, 1.54) is 25.0 Å². The predicted molar refractivity (Wildman–Crippen MR) is 90.2 cm³/mol. The van der Waals surface area contributed by atoms with E-state index in [-0.39, 0.29) is 42.0 Å². The van der Waals surface area contributed by atoms with Crippen molar-refractivity contribution < 1.29 is 8.78 Å². The van der Waals surface area contributed by atoms with Crippen LogP contribution >= 0.6 is 39.9 Å². The zero-order valence-corrected chi connectivity index (χ0v) is 14.8. The Morgan fingerprint density at radius 3 is 2.40 bits per heavy atom. The zero-order valence-electron chi connectivity index (χ0n) is 10.8. The van der Waals surface area contributed by atoms with Gasteiger partial charge in [-0.3, -0.25) is 0 Å². The molecule has 0 saturated heterocycles.